The first-order valence-corrected chi connectivity index (χ1v) is 8.58. The number of hydrogen-bond acceptors (Lipinski definition) is 4. The third kappa shape index (κ3) is 7.28. The van der Waals surface area contributed by atoms with Gasteiger partial charge in [0, 0.05) is 6.04 Å². The maximum absolute atomic E-state index is 12.2. The van der Waals surface area contributed by atoms with Gasteiger partial charge in [-0.1, -0.05) is 32.6 Å². The maximum Gasteiger partial charge on any atom is 0.328 e. The fourth-order valence-corrected chi connectivity index (χ4v) is 2.38. The Morgan fingerprint density at radius 3 is 2.57 bits per heavy atom. The van der Waals surface area contributed by atoms with Crippen LogP contribution in [-0.2, 0) is 14.3 Å². The average Bonchev–Trinajstić information content (AvgIpc) is 3.25. The number of carbonyl (C=O) groups excluding carboxylic acids is 1. The molecule has 1 aliphatic carbocycles. The van der Waals surface area contributed by atoms with E-state index in [1.807, 2.05) is 13.8 Å². The van der Waals surface area contributed by atoms with Crippen LogP contribution in [-0.4, -0.2) is 36.9 Å². The van der Waals surface area contributed by atoms with Crippen molar-refractivity contribution in [1.29, 1.82) is 0 Å². The van der Waals surface area contributed by atoms with Gasteiger partial charge in [0.25, 0.3) is 0 Å². The topological polar surface area (TPSA) is 47.6 Å². The van der Waals surface area contributed by atoms with E-state index in [0.717, 1.165) is 19.3 Å². The Labute approximate surface area is 130 Å². The molecular weight excluding hydrogens is 266 g/mol. The predicted molar refractivity (Wildman–Crippen MR) is 85.4 cm³/mol. The largest absolute Gasteiger partial charge is 0.465 e. The van der Waals surface area contributed by atoms with Crippen molar-refractivity contribution < 1.29 is 14.3 Å². The summed E-state index contributed by atoms with van der Waals surface area (Å²) in [5.74, 6) is -0.199. The first-order chi connectivity index (χ1) is 10.0. The molecule has 1 saturated carbocycles. The lowest BCUT2D eigenvalue weighted by atomic mass is 10.0. The van der Waals surface area contributed by atoms with Crippen molar-refractivity contribution in [3.05, 3.63) is 0 Å². The van der Waals surface area contributed by atoms with Gasteiger partial charge in [0.2, 0.25) is 0 Å². The fraction of sp³-hybridized carbons (Fsp3) is 0.941. The summed E-state index contributed by atoms with van der Waals surface area (Å²) in [6, 6.07) is 0.447. The van der Waals surface area contributed by atoms with Gasteiger partial charge in [-0.15, -0.1) is 0 Å². The molecule has 1 fully saturated rings. The van der Waals surface area contributed by atoms with E-state index in [2.05, 4.69) is 19.2 Å². The minimum atomic E-state index is -0.713. The van der Waals surface area contributed by atoms with Crippen molar-refractivity contribution in [2.24, 2.45) is 0 Å². The summed E-state index contributed by atoms with van der Waals surface area (Å²) in [6.07, 6.45) is 8.53. The van der Waals surface area contributed by atoms with Crippen LogP contribution < -0.4 is 5.32 Å². The van der Waals surface area contributed by atoms with Crippen LogP contribution in [0.3, 0.4) is 0 Å². The van der Waals surface area contributed by atoms with Crippen molar-refractivity contribution in [1.82, 2.24) is 5.32 Å². The molecule has 4 heteroatoms. The standard InChI is InChI=1S/C17H33NO3/c1-5-7-8-9-10-14(3)21-13-17(4,16(19)20-6-2)18-15-11-12-15/h14-15,18H,5-13H2,1-4H3. The Kier molecular flexibility index (Phi) is 8.27. The molecule has 0 radical (unpaired) electrons. The van der Waals surface area contributed by atoms with Gasteiger partial charge in [-0.05, 0) is 40.0 Å². The molecule has 0 heterocycles. The normalized spacial score (nSPS) is 19.0. The lowest BCUT2D eigenvalue weighted by Crippen LogP contribution is -2.55. The van der Waals surface area contributed by atoms with E-state index in [1.165, 1.54) is 25.7 Å². The zero-order valence-corrected chi connectivity index (χ0v) is 14.2. The molecule has 0 bridgehead atoms. The van der Waals surface area contributed by atoms with E-state index in [1.54, 1.807) is 0 Å². The summed E-state index contributed by atoms with van der Waals surface area (Å²) in [7, 11) is 0. The molecule has 0 spiro atoms. The molecule has 0 saturated heterocycles. The third-order valence-corrected chi connectivity index (χ3v) is 3.95. The predicted octanol–water partition coefficient (Wildman–Crippen LogP) is 3.44. The summed E-state index contributed by atoms with van der Waals surface area (Å²) >= 11 is 0. The quantitative estimate of drug-likeness (QED) is 0.443. The van der Waals surface area contributed by atoms with Gasteiger partial charge >= 0.3 is 5.97 Å². The number of unbranched alkanes of at least 4 members (excludes halogenated alkanes) is 3. The highest BCUT2D eigenvalue weighted by Crippen LogP contribution is 2.24. The summed E-state index contributed by atoms with van der Waals surface area (Å²) in [6.45, 7) is 8.84. The van der Waals surface area contributed by atoms with Crippen LogP contribution in [0, 0.1) is 0 Å². The Morgan fingerprint density at radius 1 is 1.29 bits per heavy atom. The molecule has 1 aliphatic rings. The Hall–Kier alpha value is -0.610. The number of nitrogens with one attached hydrogen (secondary N) is 1. The summed E-state index contributed by atoms with van der Waals surface area (Å²) in [5.41, 5.74) is -0.713. The molecular formula is C17H33NO3. The highest BCUT2D eigenvalue weighted by molar-refractivity contribution is 5.80. The van der Waals surface area contributed by atoms with Gasteiger partial charge in [-0.3, -0.25) is 5.32 Å². The van der Waals surface area contributed by atoms with Crippen molar-refractivity contribution in [3.8, 4) is 0 Å². The van der Waals surface area contributed by atoms with Crippen molar-refractivity contribution in [2.75, 3.05) is 13.2 Å². The fourth-order valence-electron chi connectivity index (χ4n) is 2.38. The molecule has 124 valence electrons. The summed E-state index contributed by atoms with van der Waals surface area (Å²) in [5, 5.41) is 3.38. The molecule has 1 N–H and O–H groups in total. The molecule has 4 nitrogen and oxygen atoms in total. The number of ether oxygens (including phenoxy) is 2. The summed E-state index contributed by atoms with van der Waals surface area (Å²) in [4.78, 5) is 12.2. The lowest BCUT2D eigenvalue weighted by molar-refractivity contribution is -0.154. The number of carbonyl (C=O) groups is 1. The number of rotatable bonds is 12. The van der Waals surface area contributed by atoms with Crippen molar-refractivity contribution >= 4 is 5.97 Å². The molecule has 0 aromatic rings. The smallest absolute Gasteiger partial charge is 0.328 e. The van der Waals surface area contributed by atoms with Crippen LogP contribution in [0.5, 0.6) is 0 Å². The molecule has 21 heavy (non-hydrogen) atoms. The highest BCUT2D eigenvalue weighted by Gasteiger charge is 2.40. The van der Waals surface area contributed by atoms with Crippen molar-refractivity contribution in [3.63, 3.8) is 0 Å². The first kappa shape index (κ1) is 18.4. The zero-order chi connectivity index (χ0) is 15.7. The van der Waals surface area contributed by atoms with Crippen LogP contribution in [0.1, 0.15) is 72.6 Å². The molecule has 0 aromatic heterocycles. The van der Waals surface area contributed by atoms with Crippen LogP contribution >= 0.6 is 0 Å². The lowest BCUT2D eigenvalue weighted by Gasteiger charge is -2.29. The maximum atomic E-state index is 12.2. The Morgan fingerprint density at radius 2 is 2.00 bits per heavy atom. The average molecular weight is 299 g/mol. The van der Waals surface area contributed by atoms with Gasteiger partial charge in [0.05, 0.1) is 19.3 Å². The van der Waals surface area contributed by atoms with Gasteiger partial charge in [-0.25, -0.2) is 4.79 Å². The second-order valence-electron chi connectivity index (χ2n) is 6.44. The van der Waals surface area contributed by atoms with E-state index in [4.69, 9.17) is 9.47 Å². The van der Waals surface area contributed by atoms with Crippen LogP contribution in [0.25, 0.3) is 0 Å². The summed E-state index contributed by atoms with van der Waals surface area (Å²) < 4.78 is 11.1. The van der Waals surface area contributed by atoms with Crippen LogP contribution in [0.4, 0.5) is 0 Å². The zero-order valence-electron chi connectivity index (χ0n) is 14.2. The van der Waals surface area contributed by atoms with Gasteiger partial charge in [0.1, 0.15) is 5.54 Å². The van der Waals surface area contributed by atoms with E-state index < -0.39 is 5.54 Å². The SMILES string of the molecule is CCCCCCC(C)OCC(C)(NC1CC1)C(=O)OCC. The number of esters is 1. The molecule has 1 rings (SSSR count). The third-order valence-electron chi connectivity index (χ3n) is 3.95. The van der Waals surface area contributed by atoms with Gasteiger partial charge in [0.15, 0.2) is 0 Å². The molecule has 0 amide bonds. The van der Waals surface area contributed by atoms with E-state index in [9.17, 15) is 4.79 Å². The first-order valence-electron chi connectivity index (χ1n) is 8.58. The molecule has 0 aliphatic heterocycles. The van der Waals surface area contributed by atoms with Gasteiger partial charge in [-0.2, -0.15) is 0 Å². The molecule has 2 unspecified atom stereocenters. The van der Waals surface area contributed by atoms with Crippen LogP contribution in [0.2, 0.25) is 0 Å². The Bertz CT molecular complexity index is 304. The highest BCUT2D eigenvalue weighted by atomic mass is 16.5. The monoisotopic (exact) mass is 299 g/mol. The minimum absolute atomic E-state index is 0.191. The van der Waals surface area contributed by atoms with E-state index in [0.29, 0.717) is 19.3 Å². The van der Waals surface area contributed by atoms with E-state index in [-0.39, 0.29) is 12.1 Å². The van der Waals surface area contributed by atoms with Crippen molar-refractivity contribution in [2.45, 2.75) is 90.3 Å². The second-order valence-corrected chi connectivity index (χ2v) is 6.44. The Balaban J connectivity index is 2.35. The van der Waals surface area contributed by atoms with Crippen LogP contribution in [0.15, 0.2) is 0 Å². The van der Waals surface area contributed by atoms with Gasteiger partial charge < -0.3 is 9.47 Å². The molecule has 2 atom stereocenters. The number of hydrogen-bond donors (Lipinski definition) is 1. The molecule has 0 aromatic carbocycles. The van der Waals surface area contributed by atoms with E-state index >= 15 is 0 Å². The second kappa shape index (κ2) is 9.42. The minimum Gasteiger partial charge on any atom is -0.465 e.